The van der Waals surface area contributed by atoms with Crippen LogP contribution < -0.4 is 21.5 Å². The van der Waals surface area contributed by atoms with E-state index in [0.717, 1.165) is 0 Å². The van der Waals surface area contributed by atoms with E-state index in [1.807, 2.05) is 0 Å². The van der Waals surface area contributed by atoms with Gasteiger partial charge in [0.1, 0.15) is 4.90 Å². The zero-order valence-corrected chi connectivity index (χ0v) is 12.2. The van der Waals surface area contributed by atoms with E-state index in [9.17, 15) is 13.2 Å². The zero-order chi connectivity index (χ0) is 15.3. The summed E-state index contributed by atoms with van der Waals surface area (Å²) in [5, 5.41) is 10.7. The van der Waals surface area contributed by atoms with Crippen LogP contribution in [0.25, 0.3) is 0 Å². The van der Waals surface area contributed by atoms with Gasteiger partial charge in [0.05, 0.1) is 5.69 Å². The third-order valence-corrected chi connectivity index (χ3v) is 3.39. The lowest BCUT2D eigenvalue weighted by molar-refractivity contribution is 0.218. The number of primary sulfonamides is 1. The van der Waals surface area contributed by atoms with Crippen molar-refractivity contribution >= 4 is 27.4 Å². The van der Waals surface area contributed by atoms with E-state index in [1.165, 1.54) is 17.0 Å². The summed E-state index contributed by atoms with van der Waals surface area (Å²) in [6, 6.07) is 4.16. The molecule has 0 aliphatic heterocycles. The number of nitrogens with zero attached hydrogens (tertiary/aromatic N) is 1. The number of nitrogens with two attached hydrogens (primary N) is 2. The Morgan fingerprint density at radius 3 is 2.50 bits per heavy atom. The molecule has 0 fully saturated rings. The fourth-order valence-electron chi connectivity index (χ4n) is 1.45. The average molecular weight is 301 g/mol. The normalized spacial score (nSPS) is 10.9. The molecule has 2 amide bonds. The van der Waals surface area contributed by atoms with E-state index >= 15 is 0 Å². The SMILES string of the molecule is CN(C)C(=O)NCCNc1ccc(N)cc1S(N)(=O)=O. The number of hydrogen-bond donors (Lipinski definition) is 4. The Labute approximate surface area is 118 Å². The van der Waals surface area contributed by atoms with Gasteiger partial charge in [-0.05, 0) is 18.2 Å². The quantitative estimate of drug-likeness (QED) is 0.434. The predicted molar refractivity (Wildman–Crippen MR) is 77.8 cm³/mol. The van der Waals surface area contributed by atoms with Gasteiger partial charge in [-0.1, -0.05) is 0 Å². The molecule has 8 nitrogen and oxygen atoms in total. The highest BCUT2D eigenvalue weighted by Gasteiger charge is 2.14. The summed E-state index contributed by atoms with van der Waals surface area (Å²) >= 11 is 0. The lowest BCUT2D eigenvalue weighted by Crippen LogP contribution is -2.37. The molecule has 0 aliphatic carbocycles. The zero-order valence-electron chi connectivity index (χ0n) is 11.4. The monoisotopic (exact) mass is 301 g/mol. The second kappa shape index (κ2) is 6.44. The van der Waals surface area contributed by atoms with Crippen molar-refractivity contribution in [2.75, 3.05) is 38.2 Å². The van der Waals surface area contributed by atoms with Crippen LogP contribution in [0.1, 0.15) is 0 Å². The average Bonchev–Trinajstić information content (AvgIpc) is 2.34. The second-order valence-corrected chi connectivity index (χ2v) is 5.88. The molecule has 9 heteroatoms. The number of nitrogens with one attached hydrogen (secondary N) is 2. The fraction of sp³-hybridized carbons (Fsp3) is 0.364. The first-order valence-electron chi connectivity index (χ1n) is 5.83. The van der Waals surface area contributed by atoms with Crippen molar-refractivity contribution in [3.63, 3.8) is 0 Å². The summed E-state index contributed by atoms with van der Waals surface area (Å²) in [6.45, 7) is 0.692. The van der Waals surface area contributed by atoms with E-state index in [-0.39, 0.29) is 10.9 Å². The van der Waals surface area contributed by atoms with Gasteiger partial charge in [-0.15, -0.1) is 0 Å². The number of urea groups is 1. The Kier molecular flexibility index (Phi) is 5.17. The Balaban J connectivity index is 2.67. The van der Waals surface area contributed by atoms with Gasteiger partial charge < -0.3 is 21.3 Å². The smallest absolute Gasteiger partial charge is 0.316 e. The molecule has 112 valence electrons. The lowest BCUT2D eigenvalue weighted by Gasteiger charge is -2.14. The number of anilines is 2. The van der Waals surface area contributed by atoms with Crippen molar-refractivity contribution in [3.8, 4) is 0 Å². The first-order valence-corrected chi connectivity index (χ1v) is 7.38. The molecule has 0 saturated heterocycles. The van der Waals surface area contributed by atoms with E-state index < -0.39 is 10.0 Å². The molecule has 0 saturated carbocycles. The van der Waals surface area contributed by atoms with E-state index in [2.05, 4.69) is 10.6 Å². The molecule has 0 atom stereocenters. The maximum Gasteiger partial charge on any atom is 0.316 e. The maximum atomic E-state index is 11.4. The van der Waals surface area contributed by atoms with Crippen molar-refractivity contribution in [3.05, 3.63) is 18.2 Å². The molecule has 6 N–H and O–H groups in total. The van der Waals surface area contributed by atoms with Crippen molar-refractivity contribution < 1.29 is 13.2 Å². The molecule has 1 aromatic carbocycles. The number of sulfonamides is 1. The Morgan fingerprint density at radius 2 is 1.95 bits per heavy atom. The molecule has 0 radical (unpaired) electrons. The van der Waals surface area contributed by atoms with E-state index in [4.69, 9.17) is 10.9 Å². The predicted octanol–water partition coefficient (Wildman–Crippen LogP) is -0.401. The van der Waals surface area contributed by atoms with Crippen LogP contribution in [0.4, 0.5) is 16.2 Å². The van der Waals surface area contributed by atoms with Gasteiger partial charge in [0.2, 0.25) is 10.0 Å². The Morgan fingerprint density at radius 1 is 1.30 bits per heavy atom. The highest BCUT2D eigenvalue weighted by molar-refractivity contribution is 7.89. The molecule has 1 rings (SSSR count). The number of amides is 2. The number of carbonyl (C=O) groups is 1. The number of rotatable bonds is 5. The van der Waals surface area contributed by atoms with Gasteiger partial charge in [0.15, 0.2) is 0 Å². The second-order valence-electron chi connectivity index (χ2n) is 4.35. The van der Waals surface area contributed by atoms with Gasteiger partial charge in [-0.3, -0.25) is 0 Å². The standard InChI is InChI=1S/C11H19N5O3S/c1-16(2)11(17)15-6-5-14-9-4-3-8(12)7-10(9)20(13,18)19/h3-4,7,14H,5-6,12H2,1-2H3,(H,15,17)(H2,13,18,19). The van der Waals surface area contributed by atoms with Gasteiger partial charge in [0.25, 0.3) is 0 Å². The van der Waals surface area contributed by atoms with Crippen LogP contribution in [-0.4, -0.2) is 46.5 Å². The van der Waals surface area contributed by atoms with Gasteiger partial charge in [-0.25, -0.2) is 18.4 Å². The highest BCUT2D eigenvalue weighted by atomic mass is 32.2. The van der Waals surface area contributed by atoms with Crippen LogP contribution in [0, 0.1) is 0 Å². The Bertz CT molecular complexity index is 586. The summed E-state index contributed by atoms with van der Waals surface area (Å²) in [5.74, 6) is 0. The largest absolute Gasteiger partial charge is 0.399 e. The minimum Gasteiger partial charge on any atom is -0.399 e. The maximum absolute atomic E-state index is 11.4. The summed E-state index contributed by atoms with van der Waals surface area (Å²) < 4.78 is 22.9. The fourth-order valence-corrected chi connectivity index (χ4v) is 2.19. The third-order valence-electron chi connectivity index (χ3n) is 2.44. The molecule has 0 unspecified atom stereocenters. The number of benzene rings is 1. The first kappa shape index (κ1) is 16.1. The van der Waals surface area contributed by atoms with Crippen molar-refractivity contribution in [1.29, 1.82) is 0 Å². The summed E-state index contributed by atoms with van der Waals surface area (Å²) in [5.41, 5.74) is 6.20. The number of carbonyl (C=O) groups excluding carboxylic acids is 1. The van der Waals surface area contributed by atoms with Crippen molar-refractivity contribution in [1.82, 2.24) is 10.2 Å². The summed E-state index contributed by atoms with van der Waals surface area (Å²) in [7, 11) is -0.607. The van der Waals surface area contributed by atoms with Crippen LogP contribution >= 0.6 is 0 Å². The number of nitrogen functional groups attached to an aromatic ring is 1. The van der Waals surface area contributed by atoms with Crippen LogP contribution in [0.2, 0.25) is 0 Å². The molecule has 1 aromatic rings. The number of hydrogen-bond acceptors (Lipinski definition) is 5. The molecule has 20 heavy (non-hydrogen) atoms. The molecular weight excluding hydrogens is 282 g/mol. The van der Waals surface area contributed by atoms with Crippen molar-refractivity contribution in [2.45, 2.75) is 4.90 Å². The molecule has 0 heterocycles. The molecule has 0 bridgehead atoms. The first-order chi connectivity index (χ1) is 9.21. The van der Waals surface area contributed by atoms with Gasteiger partial charge in [0, 0.05) is 32.9 Å². The molecular formula is C11H19N5O3S. The summed E-state index contributed by atoms with van der Waals surface area (Å²) in [4.78, 5) is 12.6. The topological polar surface area (TPSA) is 131 Å². The minimum atomic E-state index is -3.86. The van der Waals surface area contributed by atoms with Gasteiger partial charge >= 0.3 is 6.03 Å². The minimum absolute atomic E-state index is 0.0727. The lowest BCUT2D eigenvalue weighted by atomic mass is 10.3. The van der Waals surface area contributed by atoms with Crippen molar-refractivity contribution in [2.24, 2.45) is 5.14 Å². The van der Waals surface area contributed by atoms with Crippen LogP contribution in [0.3, 0.4) is 0 Å². The van der Waals surface area contributed by atoms with Crippen LogP contribution in [0.15, 0.2) is 23.1 Å². The third kappa shape index (κ3) is 4.59. The van der Waals surface area contributed by atoms with Crippen LogP contribution in [0.5, 0.6) is 0 Å². The van der Waals surface area contributed by atoms with Crippen LogP contribution in [-0.2, 0) is 10.0 Å². The van der Waals surface area contributed by atoms with Gasteiger partial charge in [-0.2, -0.15) is 0 Å². The molecule has 0 aromatic heterocycles. The van der Waals surface area contributed by atoms with E-state index in [1.54, 1.807) is 20.2 Å². The molecule has 0 aliphatic rings. The highest BCUT2D eigenvalue weighted by Crippen LogP contribution is 2.22. The Hall–Kier alpha value is -2.00. The summed E-state index contributed by atoms with van der Waals surface area (Å²) in [6.07, 6.45) is 0. The molecule has 0 spiro atoms. The van der Waals surface area contributed by atoms with E-state index in [0.29, 0.717) is 24.5 Å².